The third-order valence-electron chi connectivity index (χ3n) is 2.78. The molecular formula is C14H16FN3S. The molecule has 0 aliphatic heterocycles. The van der Waals surface area contributed by atoms with E-state index < -0.39 is 0 Å². The lowest BCUT2D eigenvalue weighted by Gasteiger charge is -2.12. The minimum Gasteiger partial charge on any atom is -0.327 e. The first-order valence-corrected chi connectivity index (χ1v) is 6.98. The first-order chi connectivity index (χ1) is 9.19. The lowest BCUT2D eigenvalue weighted by Crippen LogP contribution is -2.21. The number of halogens is 1. The van der Waals surface area contributed by atoms with E-state index in [1.807, 2.05) is 6.92 Å². The summed E-state index contributed by atoms with van der Waals surface area (Å²) in [4.78, 5) is 9.21. The van der Waals surface area contributed by atoms with E-state index in [4.69, 9.17) is 5.73 Å². The Kier molecular flexibility index (Phi) is 4.87. The molecule has 0 saturated heterocycles. The van der Waals surface area contributed by atoms with Crippen molar-refractivity contribution >= 4 is 11.8 Å². The van der Waals surface area contributed by atoms with Gasteiger partial charge in [0.1, 0.15) is 10.8 Å². The van der Waals surface area contributed by atoms with E-state index in [0.717, 1.165) is 21.9 Å². The number of aromatic nitrogens is 2. The van der Waals surface area contributed by atoms with Gasteiger partial charge in [-0.25, -0.2) is 9.37 Å². The molecule has 5 heteroatoms. The summed E-state index contributed by atoms with van der Waals surface area (Å²) in [6.07, 6.45) is 6.49. The average Bonchev–Trinajstić information content (AvgIpc) is 2.43. The van der Waals surface area contributed by atoms with Crippen molar-refractivity contribution in [3.63, 3.8) is 0 Å². The van der Waals surface area contributed by atoms with Gasteiger partial charge in [-0.2, -0.15) is 0 Å². The summed E-state index contributed by atoms with van der Waals surface area (Å²) >= 11 is 1.48. The van der Waals surface area contributed by atoms with Gasteiger partial charge in [0.15, 0.2) is 0 Å². The maximum absolute atomic E-state index is 13.4. The molecule has 1 heterocycles. The minimum absolute atomic E-state index is 0.0445. The molecule has 0 bridgehead atoms. The molecule has 0 spiro atoms. The zero-order valence-electron chi connectivity index (χ0n) is 10.7. The van der Waals surface area contributed by atoms with Crippen LogP contribution in [0.4, 0.5) is 4.39 Å². The Bertz CT molecular complexity index is 533. The number of nitrogens with two attached hydrogens (primary N) is 1. The van der Waals surface area contributed by atoms with Crippen LogP contribution in [0.2, 0.25) is 0 Å². The normalized spacial score (nSPS) is 12.4. The van der Waals surface area contributed by atoms with Crippen LogP contribution in [-0.2, 0) is 6.42 Å². The van der Waals surface area contributed by atoms with E-state index in [2.05, 4.69) is 9.97 Å². The summed E-state index contributed by atoms with van der Waals surface area (Å²) < 4.78 is 13.4. The van der Waals surface area contributed by atoms with Crippen molar-refractivity contribution in [1.29, 1.82) is 0 Å². The zero-order chi connectivity index (χ0) is 13.7. The van der Waals surface area contributed by atoms with Crippen molar-refractivity contribution < 1.29 is 4.39 Å². The third kappa shape index (κ3) is 4.01. The predicted molar refractivity (Wildman–Crippen MR) is 74.5 cm³/mol. The van der Waals surface area contributed by atoms with Gasteiger partial charge in [-0.1, -0.05) is 18.7 Å². The SMILES string of the molecule is CCC(N)Cc1cc(F)ccc1Sc1cnccn1. The Hall–Kier alpha value is -1.46. The molecule has 1 aromatic heterocycles. The van der Waals surface area contributed by atoms with Crippen molar-refractivity contribution in [2.45, 2.75) is 35.7 Å². The summed E-state index contributed by atoms with van der Waals surface area (Å²) in [6.45, 7) is 2.03. The van der Waals surface area contributed by atoms with Gasteiger partial charge in [0.05, 0.1) is 6.20 Å². The molecule has 0 amide bonds. The van der Waals surface area contributed by atoms with E-state index in [9.17, 15) is 4.39 Å². The minimum atomic E-state index is -0.234. The lowest BCUT2D eigenvalue weighted by molar-refractivity contribution is 0.609. The van der Waals surface area contributed by atoms with E-state index in [1.165, 1.54) is 17.8 Å². The molecule has 0 aliphatic carbocycles. The Morgan fingerprint density at radius 3 is 2.89 bits per heavy atom. The molecule has 2 N–H and O–H groups in total. The standard InChI is InChI=1S/C14H16FN3S/c1-2-12(16)8-10-7-11(15)3-4-13(10)19-14-9-17-5-6-18-14/h3-7,9,12H,2,8,16H2,1H3. The zero-order valence-corrected chi connectivity index (χ0v) is 11.5. The molecule has 1 atom stereocenters. The Labute approximate surface area is 116 Å². The Balaban J connectivity index is 2.24. The van der Waals surface area contributed by atoms with Gasteiger partial charge >= 0.3 is 0 Å². The van der Waals surface area contributed by atoms with Crippen LogP contribution in [0, 0.1) is 5.82 Å². The quantitative estimate of drug-likeness (QED) is 0.912. The molecule has 0 radical (unpaired) electrons. The topological polar surface area (TPSA) is 51.8 Å². The Morgan fingerprint density at radius 1 is 1.37 bits per heavy atom. The molecule has 19 heavy (non-hydrogen) atoms. The van der Waals surface area contributed by atoms with Crippen LogP contribution in [0.25, 0.3) is 0 Å². The number of rotatable bonds is 5. The fourth-order valence-electron chi connectivity index (χ4n) is 1.68. The first kappa shape index (κ1) is 14.0. The van der Waals surface area contributed by atoms with E-state index in [1.54, 1.807) is 30.7 Å². The molecule has 0 fully saturated rings. The van der Waals surface area contributed by atoms with Crippen LogP contribution >= 0.6 is 11.8 Å². The van der Waals surface area contributed by atoms with Crippen LogP contribution in [-0.4, -0.2) is 16.0 Å². The van der Waals surface area contributed by atoms with Gasteiger partial charge in [0, 0.05) is 23.3 Å². The summed E-state index contributed by atoms with van der Waals surface area (Å²) in [5.41, 5.74) is 6.88. The van der Waals surface area contributed by atoms with Crippen molar-refractivity contribution in [3.05, 3.63) is 48.2 Å². The lowest BCUT2D eigenvalue weighted by atomic mass is 10.0. The monoisotopic (exact) mass is 277 g/mol. The smallest absolute Gasteiger partial charge is 0.123 e. The number of nitrogens with zero attached hydrogens (tertiary/aromatic N) is 2. The van der Waals surface area contributed by atoms with Crippen molar-refractivity contribution in [2.75, 3.05) is 0 Å². The van der Waals surface area contributed by atoms with Crippen LogP contribution in [0.1, 0.15) is 18.9 Å². The predicted octanol–water partition coefficient (Wildman–Crippen LogP) is 3.05. The maximum atomic E-state index is 13.4. The van der Waals surface area contributed by atoms with Gasteiger partial charge in [0.25, 0.3) is 0 Å². The highest BCUT2D eigenvalue weighted by molar-refractivity contribution is 7.99. The van der Waals surface area contributed by atoms with E-state index >= 15 is 0 Å². The van der Waals surface area contributed by atoms with Gasteiger partial charge in [-0.15, -0.1) is 0 Å². The Morgan fingerprint density at radius 2 is 2.21 bits per heavy atom. The second-order valence-electron chi connectivity index (χ2n) is 4.27. The van der Waals surface area contributed by atoms with Gasteiger partial charge < -0.3 is 5.73 Å². The van der Waals surface area contributed by atoms with Gasteiger partial charge in [-0.05, 0) is 36.6 Å². The highest BCUT2D eigenvalue weighted by atomic mass is 32.2. The molecule has 2 rings (SSSR count). The number of hydrogen-bond donors (Lipinski definition) is 1. The van der Waals surface area contributed by atoms with Gasteiger partial charge in [-0.3, -0.25) is 4.98 Å². The molecule has 0 saturated carbocycles. The summed E-state index contributed by atoms with van der Waals surface area (Å²) in [5.74, 6) is -0.234. The maximum Gasteiger partial charge on any atom is 0.123 e. The first-order valence-electron chi connectivity index (χ1n) is 6.17. The van der Waals surface area contributed by atoms with Gasteiger partial charge in [0.2, 0.25) is 0 Å². The fraction of sp³-hybridized carbons (Fsp3) is 0.286. The highest BCUT2D eigenvalue weighted by Crippen LogP contribution is 2.29. The molecule has 0 aliphatic rings. The van der Waals surface area contributed by atoms with Crippen LogP contribution in [0.15, 0.2) is 46.7 Å². The number of benzene rings is 1. The second-order valence-corrected chi connectivity index (χ2v) is 5.33. The molecule has 1 aromatic carbocycles. The largest absolute Gasteiger partial charge is 0.327 e. The second kappa shape index (κ2) is 6.63. The van der Waals surface area contributed by atoms with E-state index in [-0.39, 0.29) is 11.9 Å². The molecule has 3 nitrogen and oxygen atoms in total. The van der Waals surface area contributed by atoms with Crippen LogP contribution in [0.3, 0.4) is 0 Å². The molecular weight excluding hydrogens is 261 g/mol. The molecule has 100 valence electrons. The average molecular weight is 277 g/mol. The van der Waals surface area contributed by atoms with Crippen molar-refractivity contribution in [2.24, 2.45) is 5.73 Å². The van der Waals surface area contributed by atoms with Crippen molar-refractivity contribution in [1.82, 2.24) is 9.97 Å². The van der Waals surface area contributed by atoms with Crippen LogP contribution < -0.4 is 5.73 Å². The third-order valence-corrected chi connectivity index (χ3v) is 3.82. The molecule has 1 unspecified atom stereocenters. The molecule has 2 aromatic rings. The summed E-state index contributed by atoms with van der Waals surface area (Å²) in [5, 5.41) is 0.792. The van der Waals surface area contributed by atoms with Crippen molar-refractivity contribution in [3.8, 4) is 0 Å². The highest BCUT2D eigenvalue weighted by Gasteiger charge is 2.10. The summed E-state index contributed by atoms with van der Waals surface area (Å²) in [7, 11) is 0. The summed E-state index contributed by atoms with van der Waals surface area (Å²) in [6, 6.07) is 4.82. The van der Waals surface area contributed by atoms with E-state index in [0.29, 0.717) is 6.42 Å². The number of hydrogen-bond acceptors (Lipinski definition) is 4. The van der Waals surface area contributed by atoms with Crippen LogP contribution in [0.5, 0.6) is 0 Å². The fourth-order valence-corrected chi connectivity index (χ4v) is 2.55.